The van der Waals surface area contributed by atoms with Crippen molar-refractivity contribution in [3.05, 3.63) is 57.2 Å². The highest BCUT2D eigenvalue weighted by Gasteiger charge is 2.13. The third-order valence-corrected chi connectivity index (χ3v) is 2.74. The quantitative estimate of drug-likeness (QED) is 0.672. The Balaban J connectivity index is 2.22. The number of nitrogens with zero attached hydrogens (tertiary/aromatic N) is 2. The van der Waals surface area contributed by atoms with Gasteiger partial charge in [-0.3, -0.25) is 14.9 Å². The Morgan fingerprint density at radius 1 is 1.43 bits per heavy atom. The van der Waals surface area contributed by atoms with Crippen LogP contribution in [0.3, 0.4) is 0 Å². The van der Waals surface area contributed by atoms with Gasteiger partial charge in [0.05, 0.1) is 11.3 Å². The molecule has 1 heterocycles. The molecule has 8 heteroatoms. The summed E-state index contributed by atoms with van der Waals surface area (Å²) in [6.45, 7) is 0. The molecule has 108 valence electrons. The molecule has 0 aliphatic heterocycles. The summed E-state index contributed by atoms with van der Waals surface area (Å²) in [5.74, 6) is -0.606. The first kappa shape index (κ1) is 14.7. The lowest BCUT2D eigenvalue weighted by Gasteiger charge is -2.07. The topological polar surface area (TPSA) is 103 Å². The summed E-state index contributed by atoms with van der Waals surface area (Å²) in [7, 11) is 0. The van der Waals surface area contributed by atoms with Gasteiger partial charge in [-0.25, -0.2) is 4.98 Å². The Bertz CT molecular complexity index is 705. The summed E-state index contributed by atoms with van der Waals surface area (Å²) >= 11 is 5.86. The number of nitro groups is 1. The van der Waals surface area contributed by atoms with Crippen molar-refractivity contribution < 1.29 is 19.6 Å². The molecule has 0 bridgehead atoms. The van der Waals surface area contributed by atoms with Crippen molar-refractivity contribution in [1.29, 1.82) is 0 Å². The second-order valence-corrected chi connectivity index (χ2v) is 4.46. The van der Waals surface area contributed by atoms with Crippen LogP contribution in [0.15, 0.2) is 36.5 Å². The van der Waals surface area contributed by atoms with Crippen LogP contribution in [0.25, 0.3) is 0 Å². The summed E-state index contributed by atoms with van der Waals surface area (Å²) in [5, 5.41) is 19.3. The van der Waals surface area contributed by atoms with Crippen molar-refractivity contribution in [3.63, 3.8) is 0 Å². The van der Waals surface area contributed by atoms with Gasteiger partial charge in [-0.15, -0.1) is 0 Å². The number of hydrogen-bond acceptors (Lipinski definition) is 5. The van der Waals surface area contributed by atoms with Crippen LogP contribution in [-0.2, 0) is 11.2 Å². The molecule has 0 atom stereocenters. The molecule has 0 amide bonds. The SMILES string of the molecule is O=C(O)Cc1cccc(Oc2ncc([N+](=O)[O-])cc2Cl)c1. The molecule has 0 fully saturated rings. The van der Waals surface area contributed by atoms with Crippen molar-refractivity contribution in [2.45, 2.75) is 6.42 Å². The van der Waals surface area contributed by atoms with Crippen molar-refractivity contribution in [2.75, 3.05) is 0 Å². The number of aliphatic carboxylic acids is 1. The maximum Gasteiger partial charge on any atom is 0.307 e. The first-order chi connectivity index (χ1) is 9.95. The number of aromatic nitrogens is 1. The molecule has 0 aliphatic carbocycles. The molecule has 2 aromatic rings. The number of hydrogen-bond donors (Lipinski definition) is 1. The van der Waals surface area contributed by atoms with E-state index in [0.717, 1.165) is 12.3 Å². The molecule has 0 unspecified atom stereocenters. The van der Waals surface area contributed by atoms with E-state index in [-0.39, 0.29) is 23.0 Å². The molecule has 1 aromatic carbocycles. The van der Waals surface area contributed by atoms with Gasteiger partial charge in [0.2, 0.25) is 5.88 Å². The Kier molecular flexibility index (Phi) is 4.34. The van der Waals surface area contributed by atoms with E-state index in [2.05, 4.69) is 4.98 Å². The van der Waals surface area contributed by atoms with E-state index in [1.165, 1.54) is 6.07 Å². The van der Waals surface area contributed by atoms with Crippen molar-refractivity contribution >= 4 is 23.3 Å². The average molecular weight is 309 g/mol. The minimum absolute atomic E-state index is 0.00663. The zero-order valence-electron chi connectivity index (χ0n) is 10.5. The molecule has 0 spiro atoms. The summed E-state index contributed by atoms with van der Waals surface area (Å²) < 4.78 is 5.41. The predicted octanol–water partition coefficient (Wildman–Crippen LogP) is 3.06. The lowest BCUT2D eigenvalue weighted by atomic mass is 10.1. The highest BCUT2D eigenvalue weighted by atomic mass is 35.5. The van der Waals surface area contributed by atoms with Gasteiger partial charge in [-0.2, -0.15) is 0 Å². The third kappa shape index (κ3) is 3.90. The number of carboxylic acid groups (broad SMARTS) is 1. The van der Waals surface area contributed by atoms with Crippen LogP contribution >= 0.6 is 11.6 Å². The molecule has 0 radical (unpaired) electrons. The maximum absolute atomic E-state index is 10.7. The van der Waals surface area contributed by atoms with Crippen LogP contribution < -0.4 is 4.74 Å². The van der Waals surface area contributed by atoms with E-state index in [9.17, 15) is 14.9 Å². The van der Waals surface area contributed by atoms with Gasteiger partial charge in [0.15, 0.2) is 0 Å². The van der Waals surface area contributed by atoms with Crippen LogP contribution in [0.5, 0.6) is 11.6 Å². The first-order valence-electron chi connectivity index (χ1n) is 5.74. The lowest BCUT2D eigenvalue weighted by molar-refractivity contribution is -0.385. The van der Waals surface area contributed by atoms with Gasteiger partial charge < -0.3 is 9.84 Å². The molecule has 1 aromatic heterocycles. The number of carbonyl (C=O) groups is 1. The molecule has 0 saturated heterocycles. The number of ether oxygens (including phenoxy) is 1. The second kappa shape index (κ2) is 6.19. The van der Waals surface area contributed by atoms with E-state index < -0.39 is 10.9 Å². The zero-order valence-corrected chi connectivity index (χ0v) is 11.3. The van der Waals surface area contributed by atoms with Crippen LogP contribution in [0.2, 0.25) is 5.02 Å². The minimum atomic E-state index is -0.960. The standard InChI is InChI=1S/C13H9ClN2O5/c14-11-6-9(16(19)20)7-15-13(11)21-10-3-1-2-8(4-10)5-12(17)18/h1-4,6-7H,5H2,(H,17,18). The fourth-order valence-electron chi connectivity index (χ4n) is 1.60. The van der Waals surface area contributed by atoms with Crippen molar-refractivity contribution in [2.24, 2.45) is 0 Å². The number of pyridine rings is 1. The summed E-state index contributed by atoms with van der Waals surface area (Å²) in [6, 6.07) is 7.54. The smallest absolute Gasteiger partial charge is 0.307 e. The van der Waals surface area contributed by atoms with E-state index in [0.29, 0.717) is 11.3 Å². The molecule has 0 aliphatic rings. The zero-order chi connectivity index (χ0) is 15.4. The molecular weight excluding hydrogens is 300 g/mol. The van der Waals surface area contributed by atoms with Gasteiger partial charge in [0, 0.05) is 6.07 Å². The van der Waals surface area contributed by atoms with Crippen LogP contribution in [-0.4, -0.2) is 21.0 Å². The summed E-state index contributed by atoms with van der Waals surface area (Å²) in [5.41, 5.74) is 0.310. The monoisotopic (exact) mass is 308 g/mol. The highest BCUT2D eigenvalue weighted by molar-refractivity contribution is 6.32. The normalized spacial score (nSPS) is 10.1. The van der Waals surface area contributed by atoms with Crippen LogP contribution in [0.4, 0.5) is 5.69 Å². The lowest BCUT2D eigenvalue weighted by Crippen LogP contribution is -2.00. The van der Waals surface area contributed by atoms with Gasteiger partial charge in [-0.1, -0.05) is 23.7 Å². The summed E-state index contributed by atoms with van der Waals surface area (Å²) in [6.07, 6.45) is 0.890. The van der Waals surface area contributed by atoms with Gasteiger partial charge in [0.25, 0.3) is 5.69 Å². The Morgan fingerprint density at radius 3 is 2.81 bits per heavy atom. The van der Waals surface area contributed by atoms with Gasteiger partial charge >= 0.3 is 5.97 Å². The number of carboxylic acids is 1. The van der Waals surface area contributed by atoms with E-state index >= 15 is 0 Å². The number of halogens is 1. The maximum atomic E-state index is 10.7. The average Bonchev–Trinajstić information content (AvgIpc) is 2.40. The Hall–Kier alpha value is -2.67. The van der Waals surface area contributed by atoms with Crippen LogP contribution in [0.1, 0.15) is 5.56 Å². The molecule has 2 rings (SSSR count). The predicted molar refractivity (Wildman–Crippen MR) is 73.8 cm³/mol. The molecular formula is C13H9ClN2O5. The van der Waals surface area contributed by atoms with Gasteiger partial charge in [-0.05, 0) is 17.7 Å². The first-order valence-corrected chi connectivity index (χ1v) is 6.12. The molecule has 21 heavy (non-hydrogen) atoms. The number of benzene rings is 1. The second-order valence-electron chi connectivity index (χ2n) is 4.06. The highest BCUT2D eigenvalue weighted by Crippen LogP contribution is 2.30. The molecule has 7 nitrogen and oxygen atoms in total. The van der Waals surface area contributed by atoms with Crippen LogP contribution in [0, 0.1) is 10.1 Å². The Morgan fingerprint density at radius 2 is 2.19 bits per heavy atom. The third-order valence-electron chi connectivity index (χ3n) is 2.47. The van der Waals surface area contributed by atoms with E-state index in [4.69, 9.17) is 21.4 Å². The Labute approximate surface area is 123 Å². The van der Waals surface area contributed by atoms with Gasteiger partial charge in [0.1, 0.15) is 17.0 Å². The fraction of sp³-hybridized carbons (Fsp3) is 0.0769. The number of rotatable bonds is 5. The fourth-order valence-corrected chi connectivity index (χ4v) is 1.79. The van der Waals surface area contributed by atoms with Crippen molar-refractivity contribution in [1.82, 2.24) is 4.98 Å². The summed E-state index contributed by atoms with van der Waals surface area (Å²) in [4.78, 5) is 24.4. The minimum Gasteiger partial charge on any atom is -0.481 e. The van der Waals surface area contributed by atoms with E-state index in [1.54, 1.807) is 18.2 Å². The van der Waals surface area contributed by atoms with Crippen molar-refractivity contribution in [3.8, 4) is 11.6 Å². The largest absolute Gasteiger partial charge is 0.481 e. The molecule has 0 saturated carbocycles. The molecule has 1 N–H and O–H groups in total. The van der Waals surface area contributed by atoms with E-state index in [1.807, 2.05) is 0 Å².